The second-order valence-electron chi connectivity index (χ2n) is 5.26. The van der Waals surface area contributed by atoms with Gasteiger partial charge in [-0.3, -0.25) is 9.59 Å². The molecule has 0 atom stereocenters. The highest BCUT2D eigenvalue weighted by Gasteiger charge is 2.42. The average Bonchev–Trinajstić information content (AvgIpc) is 2.27. The van der Waals surface area contributed by atoms with Gasteiger partial charge in [0.05, 0.1) is 0 Å². The van der Waals surface area contributed by atoms with Crippen molar-refractivity contribution in [2.45, 2.75) is 46.0 Å². The number of ketones is 1. The maximum absolute atomic E-state index is 11.8. The molecule has 0 amide bonds. The molecule has 2 aliphatic rings. The average molecular weight is 222 g/mol. The maximum atomic E-state index is 11.8. The summed E-state index contributed by atoms with van der Waals surface area (Å²) in [7, 11) is 0. The first-order valence-corrected chi connectivity index (χ1v) is 6.00. The van der Waals surface area contributed by atoms with Crippen LogP contribution in [0.15, 0.2) is 11.8 Å². The van der Waals surface area contributed by atoms with Crippen LogP contribution in [0.4, 0.5) is 0 Å². The lowest BCUT2D eigenvalue weighted by Gasteiger charge is -2.30. The number of allylic oxidation sites excluding steroid dienone is 2. The summed E-state index contributed by atoms with van der Waals surface area (Å²) in [5, 5.41) is 0. The largest absolute Gasteiger partial charge is 0.430 e. The SMILES string of the molecule is CC1(C)C(=O)C=C(C2CCCCC2)OC1=O. The molecule has 0 aromatic carbocycles. The van der Waals surface area contributed by atoms with Gasteiger partial charge < -0.3 is 4.74 Å². The van der Waals surface area contributed by atoms with E-state index in [1.165, 1.54) is 12.5 Å². The van der Waals surface area contributed by atoms with Crippen molar-refractivity contribution < 1.29 is 14.3 Å². The number of carbonyl (C=O) groups is 2. The first kappa shape index (κ1) is 11.4. The van der Waals surface area contributed by atoms with Crippen molar-refractivity contribution in [1.29, 1.82) is 0 Å². The van der Waals surface area contributed by atoms with Gasteiger partial charge in [0.2, 0.25) is 0 Å². The number of hydrogen-bond donors (Lipinski definition) is 0. The molecule has 0 aromatic heterocycles. The molecule has 1 fully saturated rings. The Labute approximate surface area is 95.9 Å². The Morgan fingerprint density at radius 1 is 1.19 bits per heavy atom. The van der Waals surface area contributed by atoms with Crippen molar-refractivity contribution in [3.8, 4) is 0 Å². The molecule has 0 bridgehead atoms. The third-order valence-corrected chi connectivity index (χ3v) is 3.62. The second-order valence-corrected chi connectivity index (χ2v) is 5.26. The molecular formula is C13H18O3. The van der Waals surface area contributed by atoms with E-state index in [0.717, 1.165) is 25.7 Å². The van der Waals surface area contributed by atoms with Gasteiger partial charge in [0.15, 0.2) is 5.78 Å². The molecular weight excluding hydrogens is 204 g/mol. The van der Waals surface area contributed by atoms with E-state index in [1.807, 2.05) is 0 Å². The van der Waals surface area contributed by atoms with E-state index in [4.69, 9.17) is 4.74 Å². The van der Waals surface area contributed by atoms with Crippen LogP contribution in [-0.2, 0) is 14.3 Å². The Morgan fingerprint density at radius 2 is 1.81 bits per heavy atom. The quantitative estimate of drug-likeness (QED) is 0.506. The minimum atomic E-state index is -1.00. The van der Waals surface area contributed by atoms with Crippen LogP contribution in [0.1, 0.15) is 46.0 Å². The fraction of sp³-hybridized carbons (Fsp3) is 0.692. The molecule has 0 spiro atoms. The predicted octanol–water partition coefficient (Wildman–Crippen LogP) is 2.60. The zero-order valence-corrected chi connectivity index (χ0v) is 9.91. The highest BCUT2D eigenvalue weighted by Crippen LogP contribution is 2.35. The Morgan fingerprint density at radius 3 is 2.38 bits per heavy atom. The lowest BCUT2D eigenvalue weighted by molar-refractivity contribution is -0.156. The number of ether oxygens (including phenoxy) is 1. The molecule has 1 aliphatic carbocycles. The Bertz CT molecular complexity index is 346. The van der Waals surface area contributed by atoms with Gasteiger partial charge in [-0.05, 0) is 26.7 Å². The molecule has 0 unspecified atom stereocenters. The summed E-state index contributed by atoms with van der Waals surface area (Å²) < 4.78 is 5.31. The number of carbonyl (C=O) groups excluding carboxylic acids is 2. The molecule has 0 saturated heterocycles. The van der Waals surface area contributed by atoms with Gasteiger partial charge in [0.1, 0.15) is 11.2 Å². The van der Waals surface area contributed by atoms with Gasteiger partial charge in [-0.2, -0.15) is 0 Å². The Balaban J connectivity index is 2.18. The van der Waals surface area contributed by atoms with Gasteiger partial charge in [-0.25, -0.2) is 0 Å². The Kier molecular flexibility index (Phi) is 2.87. The summed E-state index contributed by atoms with van der Waals surface area (Å²) in [5.74, 6) is 0.358. The standard InChI is InChI=1S/C13H18O3/c1-13(2)11(14)8-10(16-12(13)15)9-6-4-3-5-7-9/h8-9H,3-7H2,1-2H3. The second kappa shape index (κ2) is 4.04. The summed E-state index contributed by atoms with van der Waals surface area (Å²) in [6.07, 6.45) is 7.18. The summed E-state index contributed by atoms with van der Waals surface area (Å²) in [6.45, 7) is 3.23. The van der Waals surface area contributed by atoms with Crippen molar-refractivity contribution in [2.24, 2.45) is 11.3 Å². The molecule has 3 heteroatoms. The fourth-order valence-electron chi connectivity index (χ4n) is 2.26. The number of esters is 1. The lowest BCUT2D eigenvalue weighted by Crippen LogP contribution is -2.38. The van der Waals surface area contributed by atoms with Crippen molar-refractivity contribution in [3.05, 3.63) is 11.8 Å². The monoisotopic (exact) mass is 222 g/mol. The van der Waals surface area contributed by atoms with Gasteiger partial charge in [-0.1, -0.05) is 19.3 Å². The van der Waals surface area contributed by atoms with Crippen LogP contribution in [0, 0.1) is 11.3 Å². The number of hydrogen-bond acceptors (Lipinski definition) is 3. The zero-order valence-electron chi connectivity index (χ0n) is 9.91. The molecule has 1 heterocycles. The van der Waals surface area contributed by atoms with E-state index < -0.39 is 11.4 Å². The summed E-state index contributed by atoms with van der Waals surface area (Å²) in [6, 6.07) is 0. The van der Waals surface area contributed by atoms with Crippen LogP contribution in [0.25, 0.3) is 0 Å². The van der Waals surface area contributed by atoms with E-state index in [0.29, 0.717) is 5.76 Å². The van der Waals surface area contributed by atoms with Gasteiger partial charge in [0.25, 0.3) is 0 Å². The van der Waals surface area contributed by atoms with Crippen molar-refractivity contribution in [3.63, 3.8) is 0 Å². The molecule has 3 nitrogen and oxygen atoms in total. The highest BCUT2D eigenvalue weighted by molar-refractivity contribution is 6.10. The first-order valence-electron chi connectivity index (χ1n) is 6.00. The summed E-state index contributed by atoms with van der Waals surface area (Å²) >= 11 is 0. The lowest BCUT2D eigenvalue weighted by atomic mass is 9.82. The van der Waals surface area contributed by atoms with E-state index in [-0.39, 0.29) is 11.7 Å². The number of cyclic esters (lactones) is 1. The minimum Gasteiger partial charge on any atom is -0.430 e. The third-order valence-electron chi connectivity index (χ3n) is 3.62. The smallest absolute Gasteiger partial charge is 0.324 e. The van der Waals surface area contributed by atoms with Crippen LogP contribution in [0.5, 0.6) is 0 Å². The predicted molar refractivity (Wildman–Crippen MR) is 59.5 cm³/mol. The van der Waals surface area contributed by atoms with Crippen LogP contribution in [0.2, 0.25) is 0 Å². The molecule has 2 rings (SSSR count). The maximum Gasteiger partial charge on any atom is 0.324 e. The van der Waals surface area contributed by atoms with Crippen LogP contribution >= 0.6 is 0 Å². The first-order chi connectivity index (χ1) is 7.51. The molecule has 0 aromatic rings. The molecule has 88 valence electrons. The van der Waals surface area contributed by atoms with E-state index in [1.54, 1.807) is 13.8 Å². The summed E-state index contributed by atoms with van der Waals surface area (Å²) in [4.78, 5) is 23.5. The van der Waals surface area contributed by atoms with E-state index in [2.05, 4.69) is 0 Å². The van der Waals surface area contributed by atoms with Gasteiger partial charge in [0, 0.05) is 12.0 Å². The summed E-state index contributed by atoms with van der Waals surface area (Å²) in [5.41, 5.74) is -1.00. The fourth-order valence-corrected chi connectivity index (χ4v) is 2.26. The molecule has 1 saturated carbocycles. The molecule has 0 radical (unpaired) electrons. The van der Waals surface area contributed by atoms with Crippen molar-refractivity contribution in [2.75, 3.05) is 0 Å². The zero-order chi connectivity index (χ0) is 11.8. The Hall–Kier alpha value is -1.12. The number of rotatable bonds is 1. The van der Waals surface area contributed by atoms with E-state index in [9.17, 15) is 9.59 Å². The van der Waals surface area contributed by atoms with Crippen LogP contribution in [-0.4, -0.2) is 11.8 Å². The van der Waals surface area contributed by atoms with E-state index >= 15 is 0 Å². The highest BCUT2D eigenvalue weighted by atomic mass is 16.5. The topological polar surface area (TPSA) is 43.4 Å². The molecule has 0 N–H and O–H groups in total. The van der Waals surface area contributed by atoms with Crippen molar-refractivity contribution >= 4 is 11.8 Å². The third kappa shape index (κ3) is 1.91. The molecule has 1 aliphatic heterocycles. The van der Waals surface area contributed by atoms with Gasteiger partial charge >= 0.3 is 5.97 Å². The minimum absolute atomic E-state index is 0.121. The van der Waals surface area contributed by atoms with Gasteiger partial charge in [-0.15, -0.1) is 0 Å². The molecule has 16 heavy (non-hydrogen) atoms. The normalized spacial score (nSPS) is 26.2. The van der Waals surface area contributed by atoms with Crippen molar-refractivity contribution in [1.82, 2.24) is 0 Å². The van der Waals surface area contributed by atoms with Crippen LogP contribution < -0.4 is 0 Å². The van der Waals surface area contributed by atoms with Crippen LogP contribution in [0.3, 0.4) is 0 Å².